The number of rotatable bonds is 7. The van der Waals surface area contributed by atoms with Crippen LogP contribution in [0.25, 0.3) is 21.7 Å². The molecule has 0 radical (unpaired) electrons. The van der Waals surface area contributed by atoms with Gasteiger partial charge in [-0.25, -0.2) is 4.79 Å². The molecule has 1 N–H and O–H groups in total. The SMILES string of the molecule is COc1ccc2c(c1)c(=O)oc1c(C)c(O[C@@H](C)C(=O)NCC3CCC(C(=O)[O-])CC3)ccc12. The number of amides is 1. The lowest BCUT2D eigenvalue weighted by Gasteiger charge is -2.29. The molecule has 1 aromatic heterocycles. The number of aryl methyl sites for hydroxylation is 1. The molecule has 8 heteroatoms. The summed E-state index contributed by atoms with van der Waals surface area (Å²) in [5.41, 5.74) is 0.575. The zero-order valence-electron chi connectivity index (χ0n) is 19.5. The van der Waals surface area contributed by atoms with Crippen molar-refractivity contribution in [1.82, 2.24) is 5.32 Å². The van der Waals surface area contributed by atoms with Gasteiger partial charge < -0.3 is 29.1 Å². The van der Waals surface area contributed by atoms with E-state index >= 15 is 0 Å². The highest BCUT2D eigenvalue weighted by atomic mass is 16.5. The maximum absolute atomic E-state index is 12.6. The van der Waals surface area contributed by atoms with E-state index in [1.165, 1.54) is 7.11 Å². The van der Waals surface area contributed by atoms with E-state index in [9.17, 15) is 19.5 Å². The van der Waals surface area contributed by atoms with Gasteiger partial charge in [-0.15, -0.1) is 0 Å². The standard InChI is InChI=1S/C26H29NO7/c1-14-22(33-15(2)24(28)27-13-16-4-6-17(7-5-16)25(29)30)11-10-20-19-9-8-18(32-3)12-21(19)26(31)34-23(14)20/h8-12,15-17H,4-7,13H2,1-3H3,(H,27,28)(H,29,30)/p-1/t15-,16?,17?/m0/s1. The molecule has 1 aliphatic rings. The molecule has 180 valence electrons. The van der Waals surface area contributed by atoms with Crippen molar-refractivity contribution < 1.29 is 28.6 Å². The molecule has 1 saturated carbocycles. The molecule has 0 saturated heterocycles. The largest absolute Gasteiger partial charge is 0.550 e. The highest BCUT2D eigenvalue weighted by molar-refractivity contribution is 6.06. The Hall–Kier alpha value is -3.55. The van der Waals surface area contributed by atoms with Gasteiger partial charge in [-0.2, -0.15) is 0 Å². The predicted molar refractivity (Wildman–Crippen MR) is 125 cm³/mol. The maximum atomic E-state index is 12.6. The fourth-order valence-corrected chi connectivity index (χ4v) is 4.58. The molecule has 8 nitrogen and oxygen atoms in total. The average Bonchev–Trinajstić information content (AvgIpc) is 2.84. The number of carboxylic acid groups (broad SMARTS) is 1. The van der Waals surface area contributed by atoms with Crippen LogP contribution in [0, 0.1) is 18.8 Å². The van der Waals surface area contributed by atoms with Crippen molar-refractivity contribution in [2.45, 2.75) is 45.6 Å². The Labute approximate surface area is 196 Å². The summed E-state index contributed by atoms with van der Waals surface area (Å²) in [5, 5.41) is 15.8. The van der Waals surface area contributed by atoms with Crippen molar-refractivity contribution in [3.8, 4) is 11.5 Å². The first-order chi connectivity index (χ1) is 16.3. The van der Waals surface area contributed by atoms with Crippen molar-refractivity contribution in [3.05, 3.63) is 46.3 Å². The molecule has 1 heterocycles. The number of carbonyl (C=O) groups excluding carboxylic acids is 2. The van der Waals surface area contributed by atoms with Gasteiger partial charge in [0.1, 0.15) is 17.1 Å². The topological polar surface area (TPSA) is 118 Å². The second-order valence-electron chi connectivity index (χ2n) is 8.91. The summed E-state index contributed by atoms with van der Waals surface area (Å²) in [6.07, 6.45) is 1.90. The van der Waals surface area contributed by atoms with Gasteiger partial charge in [-0.05, 0) is 81.7 Å². The minimum absolute atomic E-state index is 0.246. The van der Waals surface area contributed by atoms with Crippen molar-refractivity contribution >= 4 is 33.6 Å². The lowest BCUT2D eigenvalue weighted by molar-refractivity contribution is -0.312. The van der Waals surface area contributed by atoms with Gasteiger partial charge in [0.15, 0.2) is 6.10 Å². The van der Waals surface area contributed by atoms with Crippen LogP contribution >= 0.6 is 0 Å². The van der Waals surface area contributed by atoms with Crippen LogP contribution < -0.4 is 25.5 Å². The first-order valence-electron chi connectivity index (χ1n) is 11.5. The summed E-state index contributed by atoms with van der Waals surface area (Å²) in [7, 11) is 1.54. The second kappa shape index (κ2) is 9.75. The summed E-state index contributed by atoms with van der Waals surface area (Å²) in [6, 6.07) is 8.85. The van der Waals surface area contributed by atoms with Crippen molar-refractivity contribution in [2.75, 3.05) is 13.7 Å². The molecule has 0 aliphatic heterocycles. The third-order valence-electron chi connectivity index (χ3n) is 6.71. The summed E-state index contributed by atoms with van der Waals surface area (Å²) in [4.78, 5) is 36.2. The number of ether oxygens (including phenoxy) is 2. The normalized spacial score (nSPS) is 19.0. The predicted octanol–water partition coefficient (Wildman–Crippen LogP) is 2.70. The Balaban J connectivity index is 1.46. The third kappa shape index (κ3) is 4.71. The van der Waals surface area contributed by atoms with Gasteiger partial charge in [0.2, 0.25) is 0 Å². The quantitative estimate of drug-likeness (QED) is 0.420. The smallest absolute Gasteiger partial charge is 0.344 e. The van der Waals surface area contributed by atoms with E-state index in [4.69, 9.17) is 13.9 Å². The van der Waals surface area contributed by atoms with E-state index in [0.717, 1.165) is 23.6 Å². The molecule has 1 atom stereocenters. The Morgan fingerprint density at radius 2 is 1.82 bits per heavy atom. The Morgan fingerprint density at radius 3 is 2.50 bits per heavy atom. The van der Waals surface area contributed by atoms with Crippen LogP contribution in [-0.4, -0.2) is 31.6 Å². The number of hydrogen-bond acceptors (Lipinski definition) is 7. The van der Waals surface area contributed by atoms with Crippen LogP contribution in [0.3, 0.4) is 0 Å². The monoisotopic (exact) mass is 466 g/mol. The van der Waals surface area contributed by atoms with Crippen molar-refractivity contribution in [3.63, 3.8) is 0 Å². The molecule has 1 fully saturated rings. The van der Waals surface area contributed by atoms with Crippen molar-refractivity contribution in [2.24, 2.45) is 11.8 Å². The Bertz CT molecular complexity index is 1290. The zero-order chi connectivity index (χ0) is 24.4. The summed E-state index contributed by atoms with van der Waals surface area (Å²) >= 11 is 0. The van der Waals surface area contributed by atoms with Crippen molar-refractivity contribution in [1.29, 1.82) is 0 Å². The number of benzene rings is 2. The zero-order valence-corrected chi connectivity index (χ0v) is 19.5. The van der Waals surface area contributed by atoms with Gasteiger partial charge in [0, 0.05) is 28.8 Å². The number of methoxy groups -OCH3 is 1. The lowest BCUT2D eigenvalue weighted by Crippen LogP contribution is -2.40. The third-order valence-corrected chi connectivity index (χ3v) is 6.71. The van der Waals surface area contributed by atoms with E-state index < -0.39 is 17.7 Å². The molecule has 3 aromatic rings. The molecular formula is C26H28NO7-. The minimum atomic E-state index is -0.987. The lowest BCUT2D eigenvalue weighted by atomic mass is 9.82. The molecule has 0 spiro atoms. The number of aliphatic carboxylic acids is 1. The second-order valence-corrected chi connectivity index (χ2v) is 8.91. The first kappa shape index (κ1) is 23.6. The van der Waals surface area contributed by atoms with Crippen LogP contribution in [0.1, 0.15) is 38.2 Å². The first-order valence-corrected chi connectivity index (χ1v) is 11.5. The van der Waals surface area contributed by atoms with Gasteiger partial charge in [0.05, 0.1) is 12.5 Å². The number of carbonyl (C=O) groups is 2. The fraction of sp³-hybridized carbons (Fsp3) is 0.423. The van der Waals surface area contributed by atoms with Gasteiger partial charge in [-0.3, -0.25) is 4.79 Å². The summed E-state index contributed by atoms with van der Waals surface area (Å²) in [6.45, 7) is 3.93. The number of carboxylic acids is 1. The molecular weight excluding hydrogens is 438 g/mol. The van der Waals surface area contributed by atoms with E-state index in [-0.39, 0.29) is 17.7 Å². The van der Waals surface area contributed by atoms with E-state index in [2.05, 4.69) is 5.32 Å². The van der Waals surface area contributed by atoms with Crippen LogP contribution in [0.5, 0.6) is 11.5 Å². The average molecular weight is 467 g/mol. The molecule has 1 amide bonds. The van der Waals surface area contributed by atoms with Crippen LogP contribution in [-0.2, 0) is 9.59 Å². The maximum Gasteiger partial charge on any atom is 0.344 e. The molecule has 0 bridgehead atoms. The van der Waals surface area contributed by atoms with Crippen LogP contribution in [0.4, 0.5) is 0 Å². The Kier molecular flexibility index (Phi) is 6.77. The van der Waals surface area contributed by atoms with E-state index in [1.54, 1.807) is 32.0 Å². The molecule has 1 aliphatic carbocycles. The van der Waals surface area contributed by atoms with E-state index in [0.29, 0.717) is 47.4 Å². The number of nitrogens with one attached hydrogen (secondary N) is 1. The van der Waals surface area contributed by atoms with Gasteiger partial charge >= 0.3 is 5.63 Å². The van der Waals surface area contributed by atoms with E-state index in [1.807, 2.05) is 12.1 Å². The van der Waals surface area contributed by atoms with Crippen LogP contribution in [0.15, 0.2) is 39.5 Å². The molecule has 34 heavy (non-hydrogen) atoms. The summed E-state index contributed by atoms with van der Waals surface area (Å²) in [5.74, 6) is -0.352. The highest BCUT2D eigenvalue weighted by Gasteiger charge is 2.24. The fourth-order valence-electron chi connectivity index (χ4n) is 4.58. The number of fused-ring (bicyclic) bond motifs is 3. The van der Waals surface area contributed by atoms with Crippen LogP contribution in [0.2, 0.25) is 0 Å². The Morgan fingerprint density at radius 1 is 1.12 bits per heavy atom. The van der Waals surface area contributed by atoms with Gasteiger partial charge in [0.25, 0.3) is 5.91 Å². The minimum Gasteiger partial charge on any atom is -0.550 e. The molecule has 2 aromatic carbocycles. The highest BCUT2D eigenvalue weighted by Crippen LogP contribution is 2.32. The van der Waals surface area contributed by atoms with Gasteiger partial charge in [-0.1, -0.05) is 0 Å². The summed E-state index contributed by atoms with van der Waals surface area (Å²) < 4.78 is 16.7. The number of hydrogen-bond donors (Lipinski definition) is 1. The molecule has 4 rings (SSSR count). The molecule has 0 unspecified atom stereocenters.